The van der Waals surface area contributed by atoms with E-state index in [0.29, 0.717) is 30.4 Å². The minimum absolute atomic E-state index is 0.0269. The summed E-state index contributed by atoms with van der Waals surface area (Å²) in [4.78, 5) is 10.6. The summed E-state index contributed by atoms with van der Waals surface area (Å²) in [6.07, 6.45) is 1.29. The summed E-state index contributed by atoms with van der Waals surface area (Å²) < 4.78 is 58.5. The molecule has 0 amide bonds. The molecule has 0 saturated carbocycles. The van der Waals surface area contributed by atoms with E-state index in [2.05, 4.69) is 25.1 Å². The maximum Gasteiger partial charge on any atom is 0.434 e. The second kappa shape index (κ2) is 8.58. The average molecular weight is 436 g/mol. The zero-order valence-electron chi connectivity index (χ0n) is 16.6. The van der Waals surface area contributed by atoms with Crippen molar-refractivity contribution >= 4 is 0 Å². The summed E-state index contributed by atoms with van der Waals surface area (Å²) in [5, 5.41) is 8.19. The standard InChI is InChI=1S/C20H20F4N6O/c1-13-17(31-19-11-25-18(10-26-19)20(22,23)24)6-3-9-29(13)12-14-15(21)4-2-5-16(14)30-27-7-8-28-30/h2,4-5,7-8,10-11,13,17H,3,6,9,12H2,1H3/t13-,17+/m0/s1. The molecule has 11 heteroatoms. The van der Waals surface area contributed by atoms with Crippen molar-refractivity contribution in [3.05, 3.63) is 60.1 Å². The van der Waals surface area contributed by atoms with Crippen LogP contribution >= 0.6 is 0 Å². The smallest absolute Gasteiger partial charge is 0.434 e. The van der Waals surface area contributed by atoms with Crippen LogP contribution < -0.4 is 4.74 Å². The summed E-state index contributed by atoms with van der Waals surface area (Å²) >= 11 is 0. The van der Waals surface area contributed by atoms with Crippen LogP contribution in [0.15, 0.2) is 43.0 Å². The Morgan fingerprint density at radius 3 is 2.58 bits per heavy atom. The highest BCUT2D eigenvalue weighted by molar-refractivity contribution is 5.40. The fourth-order valence-corrected chi connectivity index (χ4v) is 3.67. The lowest BCUT2D eigenvalue weighted by atomic mass is 9.98. The number of nitrogens with zero attached hydrogens (tertiary/aromatic N) is 6. The first kappa shape index (κ1) is 21.2. The van der Waals surface area contributed by atoms with E-state index < -0.39 is 11.9 Å². The second-order valence-corrected chi connectivity index (χ2v) is 7.30. The molecule has 31 heavy (non-hydrogen) atoms. The molecule has 3 aromatic rings. The zero-order valence-corrected chi connectivity index (χ0v) is 16.6. The number of rotatable bonds is 5. The van der Waals surface area contributed by atoms with Gasteiger partial charge in [0.15, 0.2) is 5.69 Å². The molecule has 1 aliphatic rings. The third-order valence-corrected chi connectivity index (χ3v) is 5.33. The van der Waals surface area contributed by atoms with Crippen LogP contribution in [0.4, 0.5) is 17.6 Å². The Morgan fingerprint density at radius 2 is 1.90 bits per heavy atom. The van der Waals surface area contributed by atoms with E-state index in [1.165, 1.54) is 23.3 Å². The van der Waals surface area contributed by atoms with E-state index in [0.717, 1.165) is 19.2 Å². The maximum absolute atomic E-state index is 14.7. The van der Waals surface area contributed by atoms with E-state index in [1.54, 1.807) is 12.1 Å². The van der Waals surface area contributed by atoms with Crippen molar-refractivity contribution in [2.24, 2.45) is 0 Å². The van der Waals surface area contributed by atoms with Gasteiger partial charge in [0.05, 0.1) is 30.5 Å². The highest BCUT2D eigenvalue weighted by Crippen LogP contribution is 2.29. The van der Waals surface area contributed by atoms with Crippen molar-refractivity contribution < 1.29 is 22.3 Å². The van der Waals surface area contributed by atoms with Crippen molar-refractivity contribution in [2.45, 2.75) is 44.6 Å². The van der Waals surface area contributed by atoms with Crippen molar-refractivity contribution in [1.82, 2.24) is 29.9 Å². The van der Waals surface area contributed by atoms with E-state index in [1.807, 2.05) is 6.92 Å². The van der Waals surface area contributed by atoms with Gasteiger partial charge in [-0.15, -0.1) is 0 Å². The maximum atomic E-state index is 14.7. The van der Waals surface area contributed by atoms with E-state index in [4.69, 9.17) is 4.74 Å². The third-order valence-electron chi connectivity index (χ3n) is 5.33. The number of ether oxygens (including phenoxy) is 1. The SMILES string of the molecule is C[C@H]1[C@H](Oc2cnc(C(F)(F)F)cn2)CCCN1Cc1c(F)cccc1-n1nccn1. The molecule has 7 nitrogen and oxygen atoms in total. The molecule has 0 aliphatic carbocycles. The number of hydrogen-bond donors (Lipinski definition) is 0. The Kier molecular flexibility index (Phi) is 5.86. The Bertz CT molecular complexity index is 1010. The fraction of sp³-hybridized carbons (Fsp3) is 0.400. The van der Waals surface area contributed by atoms with Gasteiger partial charge < -0.3 is 4.74 Å². The third kappa shape index (κ3) is 4.66. The molecular weight excluding hydrogens is 416 g/mol. The van der Waals surface area contributed by atoms with Gasteiger partial charge in [0.1, 0.15) is 11.9 Å². The lowest BCUT2D eigenvalue weighted by Gasteiger charge is -2.39. The van der Waals surface area contributed by atoms with Crippen LogP contribution in [0, 0.1) is 5.82 Å². The van der Waals surface area contributed by atoms with Gasteiger partial charge in [0.25, 0.3) is 0 Å². The first-order valence-electron chi connectivity index (χ1n) is 9.77. The molecule has 2 aromatic heterocycles. The van der Waals surface area contributed by atoms with Gasteiger partial charge in [-0.25, -0.2) is 14.4 Å². The van der Waals surface area contributed by atoms with Gasteiger partial charge in [-0.1, -0.05) is 6.07 Å². The Labute approximate surface area is 175 Å². The van der Waals surface area contributed by atoms with Gasteiger partial charge in [-0.2, -0.15) is 28.2 Å². The Hall–Kier alpha value is -3.08. The molecule has 0 radical (unpaired) electrons. The predicted molar refractivity (Wildman–Crippen MR) is 102 cm³/mol. The molecular formula is C20H20F4N6O. The molecule has 1 fully saturated rings. The number of halogens is 4. The van der Waals surface area contributed by atoms with Gasteiger partial charge in [-0.05, 0) is 38.4 Å². The lowest BCUT2D eigenvalue weighted by molar-refractivity contribution is -0.141. The Balaban J connectivity index is 1.49. The number of benzene rings is 1. The van der Waals surface area contributed by atoms with Crippen LogP contribution in [0.1, 0.15) is 31.0 Å². The molecule has 0 spiro atoms. The second-order valence-electron chi connectivity index (χ2n) is 7.30. The molecule has 0 N–H and O–H groups in total. The first-order valence-corrected chi connectivity index (χ1v) is 9.77. The van der Waals surface area contributed by atoms with Gasteiger partial charge >= 0.3 is 6.18 Å². The molecule has 4 rings (SSSR count). The van der Waals surface area contributed by atoms with Crippen LogP contribution in [0.5, 0.6) is 5.88 Å². The van der Waals surface area contributed by atoms with Crippen molar-refractivity contribution in [1.29, 1.82) is 0 Å². The van der Waals surface area contributed by atoms with Gasteiger partial charge in [0.2, 0.25) is 5.88 Å². The van der Waals surface area contributed by atoms with Gasteiger partial charge in [-0.3, -0.25) is 4.90 Å². The van der Waals surface area contributed by atoms with Crippen LogP contribution in [0.3, 0.4) is 0 Å². The van der Waals surface area contributed by atoms with Crippen molar-refractivity contribution in [3.63, 3.8) is 0 Å². The van der Waals surface area contributed by atoms with Gasteiger partial charge in [0, 0.05) is 18.2 Å². The van der Waals surface area contributed by atoms with Crippen molar-refractivity contribution in [3.8, 4) is 11.6 Å². The van der Waals surface area contributed by atoms with Crippen molar-refractivity contribution in [2.75, 3.05) is 6.54 Å². The van der Waals surface area contributed by atoms with E-state index >= 15 is 0 Å². The summed E-state index contributed by atoms with van der Waals surface area (Å²) in [6, 6.07) is 4.62. The minimum atomic E-state index is -4.55. The lowest BCUT2D eigenvalue weighted by Crippen LogP contribution is -2.48. The number of piperidine rings is 1. The fourth-order valence-electron chi connectivity index (χ4n) is 3.67. The molecule has 1 saturated heterocycles. The van der Waals surface area contributed by atoms with Crippen LogP contribution in [-0.2, 0) is 12.7 Å². The number of aromatic nitrogens is 5. The topological polar surface area (TPSA) is 69.0 Å². The predicted octanol–water partition coefficient (Wildman–Crippen LogP) is 3.65. The van der Waals surface area contributed by atoms with Crippen LogP contribution in [0.2, 0.25) is 0 Å². The van der Waals surface area contributed by atoms with Crippen LogP contribution in [-0.4, -0.2) is 48.6 Å². The van der Waals surface area contributed by atoms with E-state index in [-0.39, 0.29) is 23.8 Å². The Morgan fingerprint density at radius 1 is 1.13 bits per heavy atom. The molecule has 0 unspecified atom stereocenters. The molecule has 3 heterocycles. The number of alkyl halides is 3. The normalized spacial score (nSPS) is 20.0. The first-order chi connectivity index (χ1) is 14.8. The largest absolute Gasteiger partial charge is 0.472 e. The quantitative estimate of drug-likeness (QED) is 0.569. The molecule has 164 valence electrons. The number of hydrogen-bond acceptors (Lipinski definition) is 6. The molecule has 1 aliphatic heterocycles. The molecule has 2 atom stereocenters. The van der Waals surface area contributed by atoms with Crippen LogP contribution in [0.25, 0.3) is 5.69 Å². The highest BCUT2D eigenvalue weighted by atomic mass is 19.4. The summed E-state index contributed by atoms with van der Waals surface area (Å²) in [5.74, 6) is -0.335. The molecule has 0 bridgehead atoms. The zero-order chi connectivity index (χ0) is 22.0. The summed E-state index contributed by atoms with van der Waals surface area (Å²) in [5.41, 5.74) is -0.0631. The summed E-state index contributed by atoms with van der Waals surface area (Å²) in [7, 11) is 0. The molecule has 1 aromatic carbocycles. The average Bonchev–Trinajstić information content (AvgIpc) is 3.27. The minimum Gasteiger partial charge on any atom is -0.472 e. The summed E-state index contributed by atoms with van der Waals surface area (Å²) in [6.45, 7) is 2.97. The van der Waals surface area contributed by atoms with E-state index in [9.17, 15) is 17.6 Å². The monoisotopic (exact) mass is 436 g/mol. The highest BCUT2D eigenvalue weighted by Gasteiger charge is 2.34. The number of likely N-dealkylation sites (tertiary alicyclic amines) is 1.